The lowest BCUT2D eigenvalue weighted by Gasteiger charge is -2.21. The molecule has 1 atom stereocenters. The van der Waals surface area contributed by atoms with Crippen LogP contribution in [0.4, 0.5) is 8.78 Å². The first-order chi connectivity index (χ1) is 6.18. The highest BCUT2D eigenvalue weighted by atomic mass is 32.2. The first-order valence-corrected chi connectivity index (χ1v) is 5.07. The van der Waals surface area contributed by atoms with Crippen LogP contribution in [-0.4, -0.2) is 10.9 Å². The molecule has 1 aromatic rings. The molecule has 0 bridgehead atoms. The van der Waals surface area contributed by atoms with Crippen molar-refractivity contribution in [3.8, 4) is 0 Å². The minimum Gasteiger partial charge on any atom is -0.387 e. The summed E-state index contributed by atoms with van der Waals surface area (Å²) in [6.07, 6.45) is -0.797. The van der Waals surface area contributed by atoms with Crippen LogP contribution in [0.25, 0.3) is 0 Å². The van der Waals surface area contributed by atoms with Gasteiger partial charge in [0.1, 0.15) is 11.6 Å². The Morgan fingerprint density at radius 1 is 1.38 bits per heavy atom. The number of aliphatic hydroxyl groups is 1. The van der Waals surface area contributed by atoms with Crippen LogP contribution >= 0.6 is 11.8 Å². The fraction of sp³-hybridized carbons (Fsp3) is 0.333. The highest BCUT2D eigenvalue weighted by molar-refractivity contribution is 7.98. The topological polar surface area (TPSA) is 20.2 Å². The number of fused-ring (bicyclic) bond motifs is 1. The second-order valence-electron chi connectivity index (χ2n) is 2.99. The van der Waals surface area contributed by atoms with Crippen molar-refractivity contribution >= 4 is 11.8 Å². The van der Waals surface area contributed by atoms with E-state index in [4.69, 9.17) is 0 Å². The van der Waals surface area contributed by atoms with Gasteiger partial charge >= 0.3 is 0 Å². The van der Waals surface area contributed by atoms with Gasteiger partial charge in [-0.2, -0.15) is 11.8 Å². The first-order valence-electron chi connectivity index (χ1n) is 3.92. The molecule has 0 aromatic heterocycles. The van der Waals surface area contributed by atoms with Crippen molar-refractivity contribution in [3.05, 3.63) is 34.9 Å². The molecule has 2 rings (SSSR count). The summed E-state index contributed by atoms with van der Waals surface area (Å²) >= 11 is 1.48. The van der Waals surface area contributed by atoms with Crippen LogP contribution in [-0.2, 0) is 5.75 Å². The number of halogens is 2. The Bertz CT molecular complexity index is 341. The zero-order chi connectivity index (χ0) is 9.42. The molecule has 0 saturated heterocycles. The lowest BCUT2D eigenvalue weighted by molar-refractivity contribution is 0.196. The Labute approximate surface area is 78.8 Å². The zero-order valence-corrected chi connectivity index (χ0v) is 7.57. The Hall–Kier alpha value is -0.610. The molecule has 1 aliphatic heterocycles. The lowest BCUT2D eigenvalue weighted by Crippen LogP contribution is -2.12. The third-order valence-electron chi connectivity index (χ3n) is 2.05. The molecule has 1 heterocycles. The summed E-state index contributed by atoms with van der Waals surface area (Å²) in [5.74, 6) is -0.162. The third kappa shape index (κ3) is 1.56. The summed E-state index contributed by atoms with van der Waals surface area (Å²) in [7, 11) is 0. The van der Waals surface area contributed by atoms with Gasteiger partial charge in [-0.25, -0.2) is 8.78 Å². The second kappa shape index (κ2) is 3.27. The summed E-state index contributed by atoms with van der Waals surface area (Å²) < 4.78 is 25.9. The van der Waals surface area contributed by atoms with Gasteiger partial charge in [0, 0.05) is 23.1 Å². The molecule has 0 fully saturated rings. The molecule has 4 heteroatoms. The average Bonchev–Trinajstić information content (AvgIpc) is 2.02. The van der Waals surface area contributed by atoms with E-state index in [0.717, 1.165) is 6.07 Å². The fourth-order valence-corrected chi connectivity index (χ4v) is 2.46. The van der Waals surface area contributed by atoms with Crippen LogP contribution in [0.3, 0.4) is 0 Å². The van der Waals surface area contributed by atoms with Crippen molar-refractivity contribution in [1.29, 1.82) is 0 Å². The maximum atomic E-state index is 13.2. The maximum absolute atomic E-state index is 13.2. The van der Waals surface area contributed by atoms with Crippen LogP contribution in [0.1, 0.15) is 17.2 Å². The Balaban J connectivity index is 2.56. The SMILES string of the molecule is OC1CSCc2cc(F)cc(F)c21. The first kappa shape index (κ1) is 8.97. The summed E-state index contributed by atoms with van der Waals surface area (Å²) in [4.78, 5) is 0. The molecule has 1 aromatic carbocycles. The number of hydrogen-bond donors (Lipinski definition) is 1. The quantitative estimate of drug-likeness (QED) is 0.696. The van der Waals surface area contributed by atoms with Crippen molar-refractivity contribution in [1.82, 2.24) is 0 Å². The average molecular weight is 202 g/mol. The van der Waals surface area contributed by atoms with Crippen LogP contribution in [0.5, 0.6) is 0 Å². The maximum Gasteiger partial charge on any atom is 0.132 e. The zero-order valence-electron chi connectivity index (χ0n) is 6.76. The number of thioether (sulfide) groups is 1. The molecule has 1 unspecified atom stereocenters. The van der Waals surface area contributed by atoms with Crippen molar-refractivity contribution in [2.75, 3.05) is 5.75 Å². The van der Waals surface area contributed by atoms with E-state index < -0.39 is 17.7 Å². The highest BCUT2D eigenvalue weighted by Crippen LogP contribution is 2.33. The molecule has 0 aliphatic carbocycles. The van der Waals surface area contributed by atoms with E-state index in [1.807, 2.05) is 0 Å². The molecular weight excluding hydrogens is 194 g/mol. The van der Waals surface area contributed by atoms with E-state index in [2.05, 4.69) is 0 Å². The minimum atomic E-state index is -0.797. The Morgan fingerprint density at radius 2 is 2.15 bits per heavy atom. The van der Waals surface area contributed by atoms with Crippen molar-refractivity contribution < 1.29 is 13.9 Å². The monoisotopic (exact) mass is 202 g/mol. The van der Waals surface area contributed by atoms with Gasteiger partial charge < -0.3 is 5.11 Å². The lowest BCUT2D eigenvalue weighted by atomic mass is 10.0. The molecule has 0 saturated carbocycles. The largest absolute Gasteiger partial charge is 0.387 e. The molecule has 1 N–H and O–H groups in total. The van der Waals surface area contributed by atoms with Crippen molar-refractivity contribution in [3.63, 3.8) is 0 Å². The summed E-state index contributed by atoms with van der Waals surface area (Å²) in [5, 5.41) is 9.45. The number of rotatable bonds is 0. The predicted octanol–water partition coefficient (Wildman–Crippen LogP) is 2.25. The molecule has 0 amide bonds. The number of aliphatic hydroxyl groups excluding tert-OH is 1. The molecule has 1 nitrogen and oxygen atoms in total. The normalized spacial score (nSPS) is 21.3. The van der Waals surface area contributed by atoms with Crippen molar-refractivity contribution in [2.24, 2.45) is 0 Å². The second-order valence-corrected chi connectivity index (χ2v) is 4.02. The van der Waals surface area contributed by atoms with Gasteiger partial charge in [0.25, 0.3) is 0 Å². The van der Waals surface area contributed by atoms with Gasteiger partial charge in [0.15, 0.2) is 0 Å². The van der Waals surface area contributed by atoms with Gasteiger partial charge in [-0.3, -0.25) is 0 Å². The van der Waals surface area contributed by atoms with E-state index in [-0.39, 0.29) is 5.56 Å². The summed E-state index contributed by atoms with van der Waals surface area (Å²) in [6, 6.07) is 2.10. The molecule has 0 radical (unpaired) electrons. The summed E-state index contributed by atoms with van der Waals surface area (Å²) in [6.45, 7) is 0. The van der Waals surface area contributed by atoms with Crippen LogP contribution < -0.4 is 0 Å². The van der Waals surface area contributed by atoms with Gasteiger partial charge in [-0.15, -0.1) is 0 Å². The van der Waals surface area contributed by atoms with E-state index in [0.29, 0.717) is 17.1 Å². The van der Waals surface area contributed by atoms with Crippen LogP contribution in [0.15, 0.2) is 12.1 Å². The van der Waals surface area contributed by atoms with Gasteiger partial charge in [-0.05, 0) is 11.6 Å². The van der Waals surface area contributed by atoms with E-state index >= 15 is 0 Å². The Morgan fingerprint density at radius 3 is 2.92 bits per heavy atom. The van der Waals surface area contributed by atoms with E-state index in [1.165, 1.54) is 17.8 Å². The van der Waals surface area contributed by atoms with E-state index in [1.54, 1.807) is 0 Å². The standard InChI is InChI=1S/C9H8F2OS/c10-6-1-5-3-13-4-8(12)9(5)7(11)2-6/h1-2,8,12H,3-4H2. The van der Waals surface area contributed by atoms with Crippen LogP contribution in [0, 0.1) is 11.6 Å². The summed E-state index contributed by atoms with van der Waals surface area (Å²) in [5.41, 5.74) is 0.835. The highest BCUT2D eigenvalue weighted by Gasteiger charge is 2.22. The number of benzene rings is 1. The molecule has 1 aliphatic rings. The number of hydrogen-bond acceptors (Lipinski definition) is 2. The van der Waals surface area contributed by atoms with Gasteiger partial charge in [0.2, 0.25) is 0 Å². The predicted molar refractivity (Wildman–Crippen MR) is 47.5 cm³/mol. The molecule has 13 heavy (non-hydrogen) atoms. The minimum absolute atomic E-state index is 0.264. The molecule has 0 spiro atoms. The van der Waals surface area contributed by atoms with E-state index in [9.17, 15) is 13.9 Å². The smallest absolute Gasteiger partial charge is 0.132 e. The van der Waals surface area contributed by atoms with Crippen LogP contribution in [0.2, 0.25) is 0 Å². The van der Waals surface area contributed by atoms with Crippen molar-refractivity contribution in [2.45, 2.75) is 11.9 Å². The fourth-order valence-electron chi connectivity index (χ4n) is 1.49. The molecule has 70 valence electrons. The third-order valence-corrected chi connectivity index (χ3v) is 3.11. The van der Waals surface area contributed by atoms with Gasteiger partial charge in [-0.1, -0.05) is 0 Å². The van der Waals surface area contributed by atoms with Gasteiger partial charge in [0.05, 0.1) is 6.10 Å². The Kier molecular flexibility index (Phi) is 2.26. The molecular formula is C9H8F2OS.